The summed E-state index contributed by atoms with van der Waals surface area (Å²) < 4.78 is 20.6. The monoisotopic (exact) mass is 452 g/mol. The van der Waals surface area contributed by atoms with Gasteiger partial charge in [0.15, 0.2) is 5.82 Å². The van der Waals surface area contributed by atoms with Crippen LogP contribution in [0.15, 0.2) is 59.9 Å². The molecular formula is C28H25FN4O. The lowest BCUT2D eigenvalue weighted by molar-refractivity contribution is 0.172. The van der Waals surface area contributed by atoms with Gasteiger partial charge < -0.3 is 4.52 Å². The van der Waals surface area contributed by atoms with Crippen molar-refractivity contribution in [3.8, 4) is 22.6 Å². The first-order valence-corrected chi connectivity index (χ1v) is 11.7. The topological polar surface area (TPSA) is 64.7 Å². The second-order valence-electron chi connectivity index (χ2n) is 9.62. The lowest BCUT2D eigenvalue weighted by atomic mass is 9.56. The van der Waals surface area contributed by atoms with E-state index in [0.717, 1.165) is 53.1 Å². The Bertz CT molecular complexity index is 1410. The van der Waals surface area contributed by atoms with E-state index >= 15 is 4.39 Å². The van der Waals surface area contributed by atoms with Gasteiger partial charge in [0.2, 0.25) is 0 Å². The Balaban J connectivity index is 1.60. The molecule has 6 rings (SSSR count). The van der Waals surface area contributed by atoms with Gasteiger partial charge in [0.1, 0.15) is 11.6 Å². The van der Waals surface area contributed by atoms with Gasteiger partial charge in [0, 0.05) is 39.8 Å². The van der Waals surface area contributed by atoms with Crippen LogP contribution < -0.4 is 0 Å². The van der Waals surface area contributed by atoms with Crippen molar-refractivity contribution in [3.63, 3.8) is 0 Å². The molecule has 1 aromatic carbocycles. The maximum atomic E-state index is 15.0. The van der Waals surface area contributed by atoms with Gasteiger partial charge in [0.25, 0.3) is 0 Å². The largest absolute Gasteiger partial charge is 0.361 e. The van der Waals surface area contributed by atoms with Gasteiger partial charge in [0.05, 0.1) is 23.3 Å². The van der Waals surface area contributed by atoms with Crippen LogP contribution in [0.1, 0.15) is 54.5 Å². The number of hydrogen-bond acceptors (Lipinski definition) is 5. The summed E-state index contributed by atoms with van der Waals surface area (Å²) in [6.45, 7) is 8.28. The predicted molar refractivity (Wildman–Crippen MR) is 129 cm³/mol. The molecule has 3 aromatic heterocycles. The second-order valence-corrected chi connectivity index (χ2v) is 9.62. The number of nitrogens with zero attached hydrogens (tertiary/aromatic N) is 4. The molecule has 5 nitrogen and oxygen atoms in total. The molecule has 6 heteroatoms. The Morgan fingerprint density at radius 2 is 2.00 bits per heavy atom. The Labute approximate surface area is 197 Å². The molecule has 0 spiro atoms. The number of pyridine rings is 1. The maximum absolute atomic E-state index is 15.0. The third kappa shape index (κ3) is 3.05. The summed E-state index contributed by atoms with van der Waals surface area (Å²) in [5.41, 5.74) is 5.69. The lowest BCUT2D eigenvalue weighted by Crippen LogP contribution is -2.45. The molecule has 170 valence electrons. The number of halogens is 1. The molecule has 0 unspecified atom stereocenters. The Morgan fingerprint density at radius 1 is 1.15 bits per heavy atom. The van der Waals surface area contributed by atoms with E-state index < -0.39 is 0 Å². The molecular weight excluding hydrogens is 427 g/mol. The highest BCUT2D eigenvalue weighted by molar-refractivity contribution is 5.69. The van der Waals surface area contributed by atoms with Crippen molar-refractivity contribution in [3.05, 3.63) is 89.5 Å². The lowest BCUT2D eigenvalue weighted by Gasteiger charge is -2.47. The van der Waals surface area contributed by atoms with Crippen LogP contribution in [-0.4, -0.2) is 20.1 Å². The van der Waals surface area contributed by atoms with E-state index in [-0.39, 0.29) is 17.2 Å². The fourth-order valence-corrected chi connectivity index (χ4v) is 6.02. The minimum absolute atomic E-state index is 0.230. The van der Waals surface area contributed by atoms with Gasteiger partial charge in [-0.1, -0.05) is 37.7 Å². The maximum Gasteiger partial charge on any atom is 0.161 e. The molecule has 0 N–H and O–H groups in total. The van der Waals surface area contributed by atoms with Crippen molar-refractivity contribution >= 4 is 6.08 Å². The molecule has 2 aliphatic carbocycles. The molecule has 3 heterocycles. The van der Waals surface area contributed by atoms with E-state index in [0.29, 0.717) is 23.0 Å². The Morgan fingerprint density at radius 3 is 2.76 bits per heavy atom. The molecule has 2 aliphatic rings. The number of rotatable bonds is 3. The highest BCUT2D eigenvalue weighted by Crippen LogP contribution is 2.54. The molecule has 0 saturated heterocycles. The highest BCUT2D eigenvalue weighted by Gasteiger charge is 2.50. The van der Waals surface area contributed by atoms with E-state index in [4.69, 9.17) is 14.5 Å². The van der Waals surface area contributed by atoms with Gasteiger partial charge in [-0.3, -0.25) is 4.98 Å². The normalized spacial score (nSPS) is 23.0. The molecule has 0 aliphatic heterocycles. The zero-order chi connectivity index (χ0) is 23.4. The van der Waals surface area contributed by atoms with E-state index in [1.165, 1.54) is 6.07 Å². The van der Waals surface area contributed by atoms with Crippen LogP contribution in [0.4, 0.5) is 4.39 Å². The first-order valence-electron chi connectivity index (χ1n) is 11.7. The summed E-state index contributed by atoms with van der Waals surface area (Å²) in [4.78, 5) is 14.5. The summed E-state index contributed by atoms with van der Waals surface area (Å²) in [5.74, 6) is 1.84. The van der Waals surface area contributed by atoms with Crippen molar-refractivity contribution in [1.29, 1.82) is 0 Å². The standard InChI is InChI=1S/C28H25FN4O/c1-4-19-10-9-17(14-30-19)27-32-24(20-7-5-6-8-23(20)29)21-11-12-22-16(2)25-18(15-31-34-25)13-28(22,3)26(21)33-27/h4-10,14-16,22H,1,11-13H2,2-3H3/t16-,22-,28-/m1/s1. The third-order valence-corrected chi connectivity index (χ3v) is 7.71. The van der Waals surface area contributed by atoms with Crippen molar-refractivity contribution < 1.29 is 8.91 Å². The molecule has 4 aromatic rings. The first-order chi connectivity index (χ1) is 16.5. The Kier molecular flexibility index (Phi) is 4.73. The number of hydrogen-bond donors (Lipinski definition) is 0. The van der Waals surface area contributed by atoms with Crippen LogP contribution in [0.3, 0.4) is 0 Å². The van der Waals surface area contributed by atoms with Crippen molar-refractivity contribution in [1.82, 2.24) is 20.1 Å². The number of benzene rings is 1. The molecule has 0 radical (unpaired) electrons. The molecule has 3 atom stereocenters. The second kappa shape index (κ2) is 7.69. The summed E-state index contributed by atoms with van der Waals surface area (Å²) in [6.07, 6.45) is 7.83. The SMILES string of the molecule is C=Cc1ccc(-c2nc(-c3ccccc3F)c3c(n2)[C@]2(C)Cc4cnoc4[C@H](C)[C@H]2CC3)cn1. The average molecular weight is 453 g/mol. The van der Waals surface area contributed by atoms with Gasteiger partial charge >= 0.3 is 0 Å². The smallest absolute Gasteiger partial charge is 0.161 e. The van der Waals surface area contributed by atoms with Crippen LogP contribution in [0.2, 0.25) is 0 Å². The summed E-state index contributed by atoms with van der Waals surface area (Å²) in [5, 5.41) is 4.08. The first kappa shape index (κ1) is 20.9. The van der Waals surface area contributed by atoms with Gasteiger partial charge in [-0.25, -0.2) is 14.4 Å². The van der Waals surface area contributed by atoms with Crippen molar-refractivity contribution in [2.24, 2.45) is 5.92 Å². The van der Waals surface area contributed by atoms with Crippen LogP contribution in [0.25, 0.3) is 28.7 Å². The minimum atomic E-state index is -0.278. The van der Waals surface area contributed by atoms with Crippen molar-refractivity contribution in [2.75, 3.05) is 0 Å². The fourth-order valence-electron chi connectivity index (χ4n) is 6.02. The molecule has 0 amide bonds. The van der Waals surface area contributed by atoms with Gasteiger partial charge in [-0.15, -0.1) is 0 Å². The number of aromatic nitrogens is 4. The van der Waals surface area contributed by atoms with Gasteiger partial charge in [-0.05, 0) is 55.5 Å². The fraction of sp³-hybridized carbons (Fsp3) is 0.286. The summed E-state index contributed by atoms with van der Waals surface area (Å²) in [6, 6.07) is 10.7. The highest BCUT2D eigenvalue weighted by atomic mass is 19.1. The van der Waals surface area contributed by atoms with Gasteiger partial charge in [-0.2, -0.15) is 0 Å². The van der Waals surface area contributed by atoms with Crippen LogP contribution in [0.5, 0.6) is 0 Å². The number of fused-ring (bicyclic) bond motifs is 4. The zero-order valence-corrected chi connectivity index (χ0v) is 19.3. The summed E-state index contributed by atoms with van der Waals surface area (Å²) in [7, 11) is 0. The van der Waals surface area contributed by atoms with Crippen LogP contribution in [0, 0.1) is 11.7 Å². The molecule has 0 fully saturated rings. The zero-order valence-electron chi connectivity index (χ0n) is 19.3. The van der Waals surface area contributed by atoms with E-state index in [1.807, 2.05) is 24.4 Å². The predicted octanol–water partition coefficient (Wildman–Crippen LogP) is 6.16. The summed E-state index contributed by atoms with van der Waals surface area (Å²) >= 11 is 0. The Hall–Kier alpha value is -3.67. The van der Waals surface area contributed by atoms with E-state index in [9.17, 15) is 0 Å². The van der Waals surface area contributed by atoms with Crippen molar-refractivity contribution in [2.45, 2.75) is 44.4 Å². The van der Waals surface area contributed by atoms with Crippen LogP contribution >= 0.6 is 0 Å². The third-order valence-electron chi connectivity index (χ3n) is 7.71. The van der Waals surface area contributed by atoms with E-state index in [1.54, 1.807) is 24.4 Å². The molecule has 34 heavy (non-hydrogen) atoms. The quantitative estimate of drug-likeness (QED) is 0.373. The molecule has 0 bridgehead atoms. The van der Waals surface area contributed by atoms with E-state index in [2.05, 4.69) is 30.6 Å². The minimum Gasteiger partial charge on any atom is -0.361 e. The average Bonchev–Trinajstić information content (AvgIpc) is 3.32. The molecule has 0 saturated carbocycles. The van der Waals surface area contributed by atoms with Crippen LogP contribution in [-0.2, 0) is 18.3 Å².